The number of anilines is 1. The lowest BCUT2D eigenvalue weighted by Crippen LogP contribution is -1.96. The third-order valence-corrected chi connectivity index (χ3v) is 2.74. The van der Waals surface area contributed by atoms with Crippen molar-refractivity contribution >= 4 is 23.2 Å². The molecule has 20 heavy (non-hydrogen) atoms. The number of hydrazone groups is 1. The van der Waals surface area contributed by atoms with E-state index in [2.05, 4.69) is 30.5 Å². The molecule has 0 aliphatic carbocycles. The Balaban J connectivity index is 1.82. The average Bonchev–Trinajstić information content (AvgIpc) is 2.97. The molecule has 0 aliphatic rings. The maximum absolute atomic E-state index is 5.25. The van der Waals surface area contributed by atoms with Crippen molar-refractivity contribution in [3.8, 4) is 5.75 Å². The van der Waals surface area contributed by atoms with Crippen molar-refractivity contribution < 1.29 is 4.74 Å². The number of H-pyrrole nitrogens is 1. The first-order chi connectivity index (χ1) is 9.88. The van der Waals surface area contributed by atoms with Crippen LogP contribution >= 0.6 is 0 Å². The van der Waals surface area contributed by atoms with E-state index in [-0.39, 0.29) is 0 Å². The second kappa shape index (κ2) is 5.35. The van der Waals surface area contributed by atoms with Crippen LogP contribution in [0.3, 0.4) is 0 Å². The summed E-state index contributed by atoms with van der Waals surface area (Å²) >= 11 is 0. The van der Waals surface area contributed by atoms with E-state index in [9.17, 15) is 0 Å². The molecule has 2 N–H and O–H groups in total. The number of aromatic amines is 1. The van der Waals surface area contributed by atoms with Crippen molar-refractivity contribution in [1.82, 2.24) is 19.9 Å². The third-order valence-electron chi connectivity index (χ3n) is 2.74. The Morgan fingerprint density at radius 1 is 1.25 bits per heavy atom. The highest BCUT2D eigenvalue weighted by atomic mass is 16.5. The fourth-order valence-electron chi connectivity index (χ4n) is 1.79. The number of para-hydroxylation sites is 1. The number of imidazole rings is 1. The van der Waals surface area contributed by atoms with Crippen LogP contribution in [0.1, 0.15) is 5.56 Å². The molecule has 0 spiro atoms. The lowest BCUT2D eigenvalue weighted by atomic mass is 10.2. The van der Waals surface area contributed by atoms with Gasteiger partial charge in [0.15, 0.2) is 11.5 Å². The van der Waals surface area contributed by atoms with Gasteiger partial charge in [0, 0.05) is 5.56 Å². The van der Waals surface area contributed by atoms with E-state index in [1.807, 2.05) is 24.3 Å². The van der Waals surface area contributed by atoms with E-state index in [0.717, 1.165) is 11.3 Å². The van der Waals surface area contributed by atoms with E-state index in [4.69, 9.17) is 4.74 Å². The molecular formula is C13H12N6O. The zero-order valence-electron chi connectivity index (χ0n) is 10.7. The van der Waals surface area contributed by atoms with Crippen LogP contribution in [0.15, 0.2) is 42.0 Å². The molecule has 0 unspecified atom stereocenters. The number of methoxy groups -OCH3 is 1. The first-order valence-electron chi connectivity index (χ1n) is 5.94. The Labute approximate surface area is 114 Å². The molecule has 0 amide bonds. The van der Waals surface area contributed by atoms with Gasteiger partial charge in [0.1, 0.15) is 17.6 Å². The van der Waals surface area contributed by atoms with Crippen molar-refractivity contribution in [2.75, 3.05) is 12.5 Å². The molecule has 7 heteroatoms. The molecule has 0 aliphatic heterocycles. The van der Waals surface area contributed by atoms with Gasteiger partial charge in [-0.3, -0.25) is 5.43 Å². The van der Waals surface area contributed by atoms with Gasteiger partial charge in [0.05, 0.1) is 19.7 Å². The van der Waals surface area contributed by atoms with Gasteiger partial charge in [-0.15, -0.1) is 0 Å². The summed E-state index contributed by atoms with van der Waals surface area (Å²) in [6.45, 7) is 0. The molecule has 7 nitrogen and oxygen atoms in total. The minimum absolute atomic E-state index is 0.568. The highest BCUT2D eigenvalue weighted by Gasteiger charge is 2.04. The quantitative estimate of drug-likeness (QED) is 0.556. The molecule has 0 atom stereocenters. The first kappa shape index (κ1) is 12.1. The number of nitrogens with zero attached hydrogens (tertiary/aromatic N) is 4. The van der Waals surface area contributed by atoms with E-state index in [1.54, 1.807) is 19.7 Å². The summed E-state index contributed by atoms with van der Waals surface area (Å²) in [7, 11) is 1.62. The molecule has 0 fully saturated rings. The van der Waals surface area contributed by atoms with Crippen LogP contribution in [0.2, 0.25) is 0 Å². The van der Waals surface area contributed by atoms with Gasteiger partial charge in [0.2, 0.25) is 0 Å². The van der Waals surface area contributed by atoms with Crippen molar-refractivity contribution in [2.45, 2.75) is 0 Å². The Bertz CT molecular complexity index is 751. The molecule has 3 rings (SSSR count). The smallest absolute Gasteiger partial charge is 0.182 e. The highest BCUT2D eigenvalue weighted by Crippen LogP contribution is 2.16. The van der Waals surface area contributed by atoms with Crippen molar-refractivity contribution in [3.63, 3.8) is 0 Å². The van der Waals surface area contributed by atoms with Gasteiger partial charge in [-0.25, -0.2) is 15.0 Å². The Hall–Kier alpha value is -2.96. The predicted octanol–water partition coefficient (Wildman–Crippen LogP) is 1.81. The fourth-order valence-corrected chi connectivity index (χ4v) is 1.79. The minimum Gasteiger partial charge on any atom is -0.496 e. The molecule has 100 valence electrons. The number of hydrogen-bond acceptors (Lipinski definition) is 6. The van der Waals surface area contributed by atoms with Gasteiger partial charge in [-0.2, -0.15) is 5.10 Å². The zero-order valence-corrected chi connectivity index (χ0v) is 10.7. The van der Waals surface area contributed by atoms with Crippen molar-refractivity contribution in [3.05, 3.63) is 42.5 Å². The number of fused-ring (bicyclic) bond motifs is 1. The van der Waals surface area contributed by atoms with Gasteiger partial charge in [-0.05, 0) is 12.1 Å². The fraction of sp³-hybridized carbons (Fsp3) is 0.0769. The summed E-state index contributed by atoms with van der Waals surface area (Å²) in [6.07, 6.45) is 4.67. The van der Waals surface area contributed by atoms with Gasteiger partial charge in [-0.1, -0.05) is 12.1 Å². The highest BCUT2D eigenvalue weighted by molar-refractivity contribution is 5.86. The van der Waals surface area contributed by atoms with Crippen LogP contribution in [0.25, 0.3) is 11.2 Å². The Kier molecular flexibility index (Phi) is 3.24. The van der Waals surface area contributed by atoms with Gasteiger partial charge < -0.3 is 9.72 Å². The third kappa shape index (κ3) is 2.28. The number of aromatic nitrogens is 4. The summed E-state index contributed by atoms with van der Waals surface area (Å²) in [5.41, 5.74) is 5.04. The molecule has 1 aromatic carbocycles. The second-order valence-corrected chi connectivity index (χ2v) is 3.94. The van der Waals surface area contributed by atoms with Gasteiger partial charge >= 0.3 is 0 Å². The van der Waals surface area contributed by atoms with Crippen LogP contribution in [-0.2, 0) is 0 Å². The largest absolute Gasteiger partial charge is 0.496 e. The zero-order chi connectivity index (χ0) is 13.8. The summed E-state index contributed by atoms with van der Waals surface area (Å²) in [5.74, 6) is 1.33. The molecular weight excluding hydrogens is 256 g/mol. The Morgan fingerprint density at radius 3 is 3.05 bits per heavy atom. The Morgan fingerprint density at radius 2 is 2.15 bits per heavy atom. The monoisotopic (exact) mass is 268 g/mol. The summed E-state index contributed by atoms with van der Waals surface area (Å²) < 4.78 is 5.25. The first-order valence-corrected chi connectivity index (χ1v) is 5.94. The van der Waals surface area contributed by atoms with Crippen LogP contribution in [0, 0.1) is 0 Å². The van der Waals surface area contributed by atoms with Gasteiger partial charge in [0.25, 0.3) is 0 Å². The molecule has 0 bridgehead atoms. The number of nitrogens with one attached hydrogen (secondary N) is 2. The second-order valence-electron chi connectivity index (χ2n) is 3.94. The molecule has 2 aromatic heterocycles. The number of rotatable bonds is 4. The SMILES string of the molecule is COc1ccccc1/C=N\Nc1ncnc2nc[nH]c12. The lowest BCUT2D eigenvalue weighted by Gasteiger charge is -2.03. The van der Waals surface area contributed by atoms with Crippen LogP contribution in [0.4, 0.5) is 5.82 Å². The standard InChI is InChI=1S/C13H12N6O/c1-20-10-5-3-2-4-9(10)6-18-19-13-11-12(15-7-14-11)16-8-17-13/h2-8H,1H3,(H2,14,15,16,17,19)/b18-6-. The van der Waals surface area contributed by atoms with Crippen molar-refractivity contribution in [1.29, 1.82) is 0 Å². The topological polar surface area (TPSA) is 88.1 Å². The number of hydrogen-bond donors (Lipinski definition) is 2. The molecule has 0 saturated heterocycles. The van der Waals surface area contributed by atoms with Crippen LogP contribution in [-0.4, -0.2) is 33.3 Å². The van der Waals surface area contributed by atoms with Crippen LogP contribution in [0.5, 0.6) is 5.75 Å². The lowest BCUT2D eigenvalue weighted by molar-refractivity contribution is 0.414. The number of ether oxygens (including phenoxy) is 1. The molecule has 0 saturated carbocycles. The van der Waals surface area contributed by atoms with E-state index >= 15 is 0 Å². The normalized spacial score (nSPS) is 11.1. The van der Waals surface area contributed by atoms with Crippen LogP contribution < -0.4 is 10.2 Å². The van der Waals surface area contributed by atoms with E-state index in [1.165, 1.54) is 6.33 Å². The minimum atomic E-state index is 0.568. The predicted molar refractivity (Wildman–Crippen MR) is 75.9 cm³/mol. The number of benzene rings is 1. The molecule has 0 radical (unpaired) electrons. The summed E-state index contributed by atoms with van der Waals surface area (Å²) in [6, 6.07) is 7.61. The van der Waals surface area contributed by atoms with E-state index in [0.29, 0.717) is 17.0 Å². The summed E-state index contributed by atoms with van der Waals surface area (Å²) in [5, 5.41) is 4.16. The molecule has 2 heterocycles. The maximum atomic E-state index is 5.25. The average molecular weight is 268 g/mol. The molecule has 3 aromatic rings. The van der Waals surface area contributed by atoms with Crippen molar-refractivity contribution in [2.24, 2.45) is 5.10 Å². The summed E-state index contributed by atoms with van der Waals surface area (Å²) in [4.78, 5) is 15.2. The van der Waals surface area contributed by atoms with E-state index < -0.39 is 0 Å². The maximum Gasteiger partial charge on any atom is 0.182 e.